The Morgan fingerprint density at radius 2 is 1.70 bits per heavy atom. The molecule has 0 bridgehead atoms. The summed E-state index contributed by atoms with van der Waals surface area (Å²) in [6, 6.07) is 17.3. The SMILES string of the molecule is COc1ccc(N2C(=O)[C@H](OC)[C@@H]2/C=C/c2ccccc2)cc1. The maximum atomic E-state index is 12.3. The summed E-state index contributed by atoms with van der Waals surface area (Å²) in [6.45, 7) is 0. The van der Waals surface area contributed by atoms with Crippen LogP contribution in [0.15, 0.2) is 60.7 Å². The first-order valence-corrected chi connectivity index (χ1v) is 7.48. The van der Waals surface area contributed by atoms with Crippen LogP contribution in [-0.4, -0.2) is 32.3 Å². The minimum Gasteiger partial charge on any atom is -0.497 e. The number of rotatable bonds is 5. The van der Waals surface area contributed by atoms with E-state index < -0.39 is 6.10 Å². The van der Waals surface area contributed by atoms with Gasteiger partial charge in [0, 0.05) is 12.8 Å². The Labute approximate surface area is 135 Å². The summed E-state index contributed by atoms with van der Waals surface area (Å²) in [4.78, 5) is 14.0. The standard InChI is InChI=1S/C19H19NO3/c1-22-16-11-9-15(10-12-16)20-17(18(23-2)19(20)21)13-8-14-6-4-3-5-7-14/h3-13,17-18H,1-2H3/b13-8+/t17-,18+/m0/s1. The first-order chi connectivity index (χ1) is 11.2. The molecule has 4 nitrogen and oxygen atoms in total. The third kappa shape index (κ3) is 2.98. The fourth-order valence-corrected chi connectivity index (χ4v) is 2.73. The molecule has 0 spiro atoms. The van der Waals surface area contributed by atoms with Gasteiger partial charge >= 0.3 is 0 Å². The molecule has 1 fully saturated rings. The zero-order valence-corrected chi connectivity index (χ0v) is 13.2. The molecule has 0 N–H and O–H groups in total. The number of carbonyl (C=O) groups is 1. The molecule has 2 atom stereocenters. The second-order valence-electron chi connectivity index (χ2n) is 5.32. The van der Waals surface area contributed by atoms with Crippen LogP contribution in [0.3, 0.4) is 0 Å². The minimum atomic E-state index is -0.433. The van der Waals surface area contributed by atoms with E-state index in [0.29, 0.717) is 0 Å². The normalized spacial score (nSPS) is 20.6. The Balaban J connectivity index is 1.83. The molecule has 118 valence electrons. The average Bonchev–Trinajstić information content (AvgIpc) is 2.60. The van der Waals surface area contributed by atoms with Gasteiger partial charge in [-0.3, -0.25) is 9.69 Å². The van der Waals surface area contributed by atoms with Crippen LogP contribution < -0.4 is 9.64 Å². The average molecular weight is 309 g/mol. The number of hydrogen-bond acceptors (Lipinski definition) is 3. The quantitative estimate of drug-likeness (QED) is 0.797. The topological polar surface area (TPSA) is 38.8 Å². The van der Waals surface area contributed by atoms with Crippen molar-refractivity contribution in [3.63, 3.8) is 0 Å². The molecule has 0 saturated carbocycles. The van der Waals surface area contributed by atoms with Gasteiger partial charge in [0.1, 0.15) is 5.75 Å². The van der Waals surface area contributed by atoms with Gasteiger partial charge < -0.3 is 9.47 Å². The van der Waals surface area contributed by atoms with E-state index in [4.69, 9.17) is 9.47 Å². The Hall–Kier alpha value is -2.59. The van der Waals surface area contributed by atoms with Gasteiger partial charge in [0.25, 0.3) is 5.91 Å². The van der Waals surface area contributed by atoms with Gasteiger partial charge in [0.2, 0.25) is 0 Å². The van der Waals surface area contributed by atoms with Crippen molar-refractivity contribution in [2.24, 2.45) is 0 Å². The summed E-state index contributed by atoms with van der Waals surface area (Å²) in [5, 5.41) is 0. The van der Waals surface area contributed by atoms with Crippen LogP contribution >= 0.6 is 0 Å². The van der Waals surface area contributed by atoms with Crippen LogP contribution in [0.4, 0.5) is 5.69 Å². The maximum absolute atomic E-state index is 12.3. The van der Waals surface area contributed by atoms with Crippen molar-refractivity contribution in [1.29, 1.82) is 0 Å². The molecule has 1 aliphatic heterocycles. The van der Waals surface area contributed by atoms with E-state index in [0.717, 1.165) is 17.0 Å². The van der Waals surface area contributed by atoms with E-state index in [2.05, 4.69) is 0 Å². The van der Waals surface area contributed by atoms with Gasteiger partial charge in [-0.25, -0.2) is 0 Å². The second kappa shape index (κ2) is 6.67. The molecule has 4 heteroatoms. The van der Waals surface area contributed by atoms with Crippen LogP contribution in [0.5, 0.6) is 5.75 Å². The van der Waals surface area contributed by atoms with Gasteiger partial charge in [-0.2, -0.15) is 0 Å². The first kappa shape index (κ1) is 15.3. The van der Waals surface area contributed by atoms with Crippen LogP contribution in [0.1, 0.15) is 5.56 Å². The fourth-order valence-electron chi connectivity index (χ4n) is 2.73. The third-order valence-corrected chi connectivity index (χ3v) is 3.98. The summed E-state index contributed by atoms with van der Waals surface area (Å²) in [5.74, 6) is 0.738. The number of methoxy groups -OCH3 is 2. The lowest BCUT2D eigenvalue weighted by Gasteiger charge is -2.44. The van der Waals surface area contributed by atoms with Crippen molar-refractivity contribution in [2.45, 2.75) is 12.1 Å². The van der Waals surface area contributed by atoms with Gasteiger partial charge in [0.15, 0.2) is 6.10 Å². The molecule has 3 rings (SSSR count). The number of amides is 1. The predicted molar refractivity (Wildman–Crippen MR) is 90.5 cm³/mol. The molecule has 0 unspecified atom stereocenters. The van der Waals surface area contributed by atoms with E-state index >= 15 is 0 Å². The van der Waals surface area contributed by atoms with Crippen molar-refractivity contribution in [2.75, 3.05) is 19.1 Å². The highest BCUT2D eigenvalue weighted by molar-refractivity contribution is 6.05. The molecular formula is C19H19NO3. The molecule has 2 aromatic rings. The van der Waals surface area contributed by atoms with Crippen molar-refractivity contribution in [1.82, 2.24) is 0 Å². The van der Waals surface area contributed by atoms with E-state index in [1.54, 1.807) is 19.1 Å². The molecule has 1 heterocycles. The predicted octanol–water partition coefficient (Wildman–Crippen LogP) is 3.14. The van der Waals surface area contributed by atoms with Crippen LogP contribution in [0, 0.1) is 0 Å². The van der Waals surface area contributed by atoms with Crippen LogP contribution in [-0.2, 0) is 9.53 Å². The number of ether oxygens (including phenoxy) is 2. The molecule has 0 radical (unpaired) electrons. The summed E-state index contributed by atoms with van der Waals surface area (Å²) < 4.78 is 10.5. The van der Waals surface area contributed by atoms with Gasteiger partial charge in [-0.05, 0) is 29.8 Å². The van der Waals surface area contributed by atoms with E-state index in [1.807, 2.05) is 66.7 Å². The molecule has 1 amide bonds. The van der Waals surface area contributed by atoms with Crippen molar-refractivity contribution >= 4 is 17.7 Å². The minimum absolute atomic E-state index is 0.0274. The number of β-lactam (4-membered cyclic amide) rings is 1. The maximum Gasteiger partial charge on any atom is 0.259 e. The van der Waals surface area contributed by atoms with E-state index in [9.17, 15) is 4.79 Å². The Kier molecular flexibility index (Phi) is 4.44. The zero-order valence-electron chi connectivity index (χ0n) is 13.2. The van der Waals surface area contributed by atoms with E-state index in [-0.39, 0.29) is 11.9 Å². The van der Waals surface area contributed by atoms with Crippen LogP contribution in [0.2, 0.25) is 0 Å². The number of benzene rings is 2. The van der Waals surface area contributed by atoms with Gasteiger partial charge in [-0.15, -0.1) is 0 Å². The Morgan fingerprint density at radius 3 is 2.30 bits per heavy atom. The lowest BCUT2D eigenvalue weighted by molar-refractivity contribution is -0.137. The number of hydrogen-bond donors (Lipinski definition) is 0. The van der Waals surface area contributed by atoms with Crippen molar-refractivity contribution in [3.05, 3.63) is 66.2 Å². The number of nitrogens with zero attached hydrogens (tertiary/aromatic N) is 1. The molecule has 1 aliphatic rings. The number of anilines is 1. The number of carbonyl (C=O) groups excluding carboxylic acids is 1. The van der Waals surface area contributed by atoms with Crippen molar-refractivity contribution < 1.29 is 14.3 Å². The summed E-state index contributed by atoms with van der Waals surface area (Å²) in [5.41, 5.74) is 1.93. The monoisotopic (exact) mass is 309 g/mol. The lowest BCUT2D eigenvalue weighted by Crippen LogP contribution is -2.65. The highest BCUT2D eigenvalue weighted by atomic mass is 16.5. The highest BCUT2D eigenvalue weighted by Crippen LogP contribution is 2.32. The second-order valence-corrected chi connectivity index (χ2v) is 5.32. The molecule has 0 aromatic heterocycles. The fraction of sp³-hybridized carbons (Fsp3) is 0.211. The largest absolute Gasteiger partial charge is 0.497 e. The first-order valence-electron chi connectivity index (χ1n) is 7.48. The third-order valence-electron chi connectivity index (χ3n) is 3.98. The lowest BCUT2D eigenvalue weighted by atomic mass is 9.95. The summed E-state index contributed by atoms with van der Waals surface area (Å²) in [7, 11) is 3.19. The summed E-state index contributed by atoms with van der Waals surface area (Å²) >= 11 is 0. The molecule has 23 heavy (non-hydrogen) atoms. The van der Waals surface area contributed by atoms with Gasteiger partial charge in [0.05, 0.1) is 13.2 Å². The molecular weight excluding hydrogens is 290 g/mol. The summed E-state index contributed by atoms with van der Waals surface area (Å²) in [6.07, 6.45) is 3.59. The zero-order chi connectivity index (χ0) is 16.2. The molecule has 1 saturated heterocycles. The van der Waals surface area contributed by atoms with Crippen molar-refractivity contribution in [3.8, 4) is 5.75 Å². The highest BCUT2D eigenvalue weighted by Gasteiger charge is 2.47. The Morgan fingerprint density at radius 1 is 1.00 bits per heavy atom. The van der Waals surface area contributed by atoms with E-state index in [1.165, 1.54) is 0 Å². The van der Waals surface area contributed by atoms with Gasteiger partial charge in [-0.1, -0.05) is 42.5 Å². The molecule has 2 aromatic carbocycles. The smallest absolute Gasteiger partial charge is 0.259 e. The Bertz CT molecular complexity index is 694. The molecule has 0 aliphatic carbocycles. The van der Waals surface area contributed by atoms with Crippen LogP contribution in [0.25, 0.3) is 6.08 Å².